The van der Waals surface area contributed by atoms with E-state index in [0.29, 0.717) is 6.42 Å². The maximum absolute atomic E-state index is 11.9. The zero-order chi connectivity index (χ0) is 26.6. The molecule has 0 aromatic rings. The molecule has 0 spiro atoms. The van der Waals surface area contributed by atoms with Crippen molar-refractivity contribution in [2.24, 2.45) is 0 Å². The van der Waals surface area contributed by atoms with Crippen molar-refractivity contribution in [1.29, 1.82) is 0 Å². The van der Waals surface area contributed by atoms with Crippen LogP contribution in [0.4, 0.5) is 0 Å². The van der Waals surface area contributed by atoms with Crippen LogP contribution in [-0.2, 0) is 23.1 Å². The van der Waals surface area contributed by atoms with E-state index in [1.165, 1.54) is 89.9 Å². The molecule has 0 heterocycles. The van der Waals surface area contributed by atoms with Crippen LogP contribution in [0.5, 0.6) is 0 Å². The molecule has 1 unspecified atom stereocenters. The Morgan fingerprint density at radius 3 is 1.64 bits per heavy atom. The smallest absolute Gasteiger partial charge is 0.463 e. The van der Waals surface area contributed by atoms with Gasteiger partial charge in [-0.25, -0.2) is 4.57 Å². The molecule has 6 nitrogen and oxygen atoms in total. The average molecular weight is 533 g/mol. The van der Waals surface area contributed by atoms with Crippen LogP contribution in [0.25, 0.3) is 0 Å². The molecule has 0 rings (SSSR count). The van der Waals surface area contributed by atoms with E-state index in [2.05, 4.69) is 13.5 Å². The molecule has 1 N–H and O–H groups in total. The van der Waals surface area contributed by atoms with Crippen molar-refractivity contribution in [2.45, 2.75) is 148 Å². The number of carbonyl (C=O) groups is 1. The van der Waals surface area contributed by atoms with Gasteiger partial charge >= 0.3 is 13.8 Å². The van der Waals surface area contributed by atoms with Gasteiger partial charge in [0.1, 0.15) is 6.61 Å². The van der Waals surface area contributed by atoms with E-state index in [9.17, 15) is 14.3 Å². The summed E-state index contributed by atoms with van der Waals surface area (Å²) in [5, 5.41) is 0. The molecule has 0 aliphatic rings. The number of esters is 1. The van der Waals surface area contributed by atoms with Crippen LogP contribution in [0.2, 0.25) is 0 Å². The second-order valence-electron chi connectivity index (χ2n) is 9.90. The van der Waals surface area contributed by atoms with Crippen molar-refractivity contribution >= 4 is 13.8 Å². The normalized spacial score (nSPS) is 12.9. The molecule has 0 saturated carbocycles. The van der Waals surface area contributed by atoms with Gasteiger partial charge in [0.05, 0.1) is 13.2 Å². The number of unbranched alkanes of at least 4 members (excludes halogenated alkanes) is 19. The second kappa shape index (κ2) is 27.4. The summed E-state index contributed by atoms with van der Waals surface area (Å²) < 4.78 is 26.8. The van der Waals surface area contributed by atoms with Crippen LogP contribution in [0, 0.1) is 0 Å². The van der Waals surface area contributed by atoms with E-state index >= 15 is 0 Å². The Labute approximate surface area is 222 Å². The monoisotopic (exact) mass is 532 g/mol. The SMILES string of the molecule is C=CCCCCCCCCCOP(=O)(O)OCCOC(=O)CCCCCCCCCCCCCCC. The predicted molar refractivity (Wildman–Crippen MR) is 150 cm³/mol. The maximum Gasteiger partial charge on any atom is 0.472 e. The van der Waals surface area contributed by atoms with E-state index in [1.807, 2.05) is 6.08 Å². The first-order chi connectivity index (χ1) is 17.5. The largest absolute Gasteiger partial charge is 0.472 e. The molecule has 7 heteroatoms. The van der Waals surface area contributed by atoms with E-state index in [0.717, 1.165) is 44.9 Å². The van der Waals surface area contributed by atoms with Crippen molar-refractivity contribution in [3.63, 3.8) is 0 Å². The molecule has 1 atom stereocenters. The highest BCUT2D eigenvalue weighted by atomic mass is 31.2. The Kier molecular flexibility index (Phi) is 26.8. The molecule has 0 amide bonds. The molecule has 0 aliphatic carbocycles. The van der Waals surface area contributed by atoms with Gasteiger partial charge in [0.15, 0.2) is 0 Å². The number of allylic oxidation sites excluding steroid dienone is 1. The van der Waals surface area contributed by atoms with Crippen LogP contribution in [-0.4, -0.2) is 30.7 Å². The van der Waals surface area contributed by atoms with Crippen molar-refractivity contribution in [3.8, 4) is 0 Å². The fourth-order valence-electron chi connectivity index (χ4n) is 4.16. The summed E-state index contributed by atoms with van der Waals surface area (Å²) in [5.74, 6) is -0.278. The molecule has 0 fully saturated rings. The van der Waals surface area contributed by atoms with Crippen molar-refractivity contribution in [2.75, 3.05) is 19.8 Å². The summed E-state index contributed by atoms with van der Waals surface area (Å²) in [5.41, 5.74) is 0. The van der Waals surface area contributed by atoms with E-state index in [4.69, 9.17) is 13.8 Å². The van der Waals surface area contributed by atoms with Gasteiger partial charge in [-0.05, 0) is 25.7 Å². The Morgan fingerprint density at radius 1 is 0.667 bits per heavy atom. The Hall–Kier alpha value is -0.680. The summed E-state index contributed by atoms with van der Waals surface area (Å²) in [6.07, 6.45) is 27.5. The molecule has 0 bridgehead atoms. The van der Waals surface area contributed by atoms with Crippen LogP contribution in [0.3, 0.4) is 0 Å². The highest BCUT2D eigenvalue weighted by Gasteiger charge is 2.20. The van der Waals surface area contributed by atoms with E-state index in [1.54, 1.807) is 0 Å². The van der Waals surface area contributed by atoms with Crippen molar-refractivity contribution in [3.05, 3.63) is 12.7 Å². The molecule has 214 valence electrons. The molecule has 36 heavy (non-hydrogen) atoms. The van der Waals surface area contributed by atoms with Crippen molar-refractivity contribution < 1.29 is 28.0 Å². The van der Waals surface area contributed by atoms with Gasteiger partial charge in [0.25, 0.3) is 0 Å². The first kappa shape index (κ1) is 35.3. The highest BCUT2D eigenvalue weighted by Crippen LogP contribution is 2.43. The summed E-state index contributed by atoms with van der Waals surface area (Å²) in [4.78, 5) is 21.5. The Bertz CT molecular complexity index is 540. The fourth-order valence-corrected chi connectivity index (χ4v) is 4.90. The topological polar surface area (TPSA) is 82.1 Å². The molecule has 0 aliphatic heterocycles. The molecule has 0 aromatic heterocycles. The average Bonchev–Trinajstić information content (AvgIpc) is 2.86. The number of hydrogen-bond acceptors (Lipinski definition) is 5. The summed E-state index contributed by atoms with van der Waals surface area (Å²) in [7, 11) is -4.08. The molecule has 0 saturated heterocycles. The third-order valence-corrected chi connectivity index (χ3v) is 7.41. The van der Waals surface area contributed by atoms with Gasteiger partial charge in [0, 0.05) is 6.42 Å². The van der Waals surface area contributed by atoms with Crippen LogP contribution >= 0.6 is 7.82 Å². The molecular weight excluding hydrogens is 475 g/mol. The van der Waals surface area contributed by atoms with Crippen molar-refractivity contribution in [1.82, 2.24) is 0 Å². The van der Waals surface area contributed by atoms with Gasteiger partial charge in [-0.3, -0.25) is 13.8 Å². The second-order valence-corrected chi connectivity index (χ2v) is 11.4. The van der Waals surface area contributed by atoms with Crippen LogP contribution in [0.15, 0.2) is 12.7 Å². The fraction of sp³-hybridized carbons (Fsp3) is 0.897. The lowest BCUT2D eigenvalue weighted by Gasteiger charge is -2.12. The lowest BCUT2D eigenvalue weighted by Crippen LogP contribution is -2.10. The minimum Gasteiger partial charge on any atom is -0.463 e. The van der Waals surface area contributed by atoms with Gasteiger partial charge in [-0.2, -0.15) is 0 Å². The molecule has 0 radical (unpaired) electrons. The quantitative estimate of drug-likeness (QED) is 0.0447. The van der Waals surface area contributed by atoms with Gasteiger partial charge < -0.3 is 9.63 Å². The number of carbonyl (C=O) groups excluding carboxylic acids is 1. The summed E-state index contributed by atoms with van der Waals surface area (Å²) >= 11 is 0. The lowest BCUT2D eigenvalue weighted by molar-refractivity contribution is -0.144. The Morgan fingerprint density at radius 2 is 1.11 bits per heavy atom. The molecular formula is C29H57O6P. The third kappa shape index (κ3) is 27.9. The molecule has 0 aromatic carbocycles. The van der Waals surface area contributed by atoms with Crippen LogP contribution in [0.1, 0.15) is 148 Å². The number of phosphoric acid groups is 1. The van der Waals surface area contributed by atoms with E-state index < -0.39 is 7.82 Å². The first-order valence-electron chi connectivity index (χ1n) is 14.9. The number of rotatable bonds is 29. The maximum atomic E-state index is 11.9. The minimum absolute atomic E-state index is 0.0307. The summed E-state index contributed by atoms with van der Waals surface area (Å²) in [6.45, 7) is 6.01. The number of phosphoric ester groups is 1. The zero-order valence-corrected chi connectivity index (χ0v) is 24.3. The third-order valence-electron chi connectivity index (χ3n) is 6.39. The Balaban J connectivity index is 3.41. The lowest BCUT2D eigenvalue weighted by atomic mass is 10.0. The van der Waals surface area contributed by atoms with Gasteiger partial charge in [-0.1, -0.05) is 122 Å². The first-order valence-corrected chi connectivity index (χ1v) is 16.4. The number of hydrogen-bond donors (Lipinski definition) is 1. The minimum atomic E-state index is -4.08. The van der Waals surface area contributed by atoms with Crippen LogP contribution < -0.4 is 0 Å². The van der Waals surface area contributed by atoms with Gasteiger partial charge in [-0.15, -0.1) is 6.58 Å². The number of ether oxygens (including phenoxy) is 1. The summed E-state index contributed by atoms with van der Waals surface area (Å²) in [6, 6.07) is 0. The predicted octanol–water partition coefficient (Wildman–Crippen LogP) is 9.45. The highest BCUT2D eigenvalue weighted by molar-refractivity contribution is 7.47. The standard InChI is InChI=1S/C29H57O6P/c1-3-5-7-9-11-13-14-15-16-17-19-21-23-25-29(30)33-27-28-35-36(31,32)34-26-24-22-20-18-12-10-8-6-4-2/h4H,2-3,5-28H2,1H3,(H,31,32). The van der Waals surface area contributed by atoms with E-state index in [-0.39, 0.29) is 25.8 Å². The van der Waals surface area contributed by atoms with Gasteiger partial charge in [0.2, 0.25) is 0 Å². The zero-order valence-electron chi connectivity index (χ0n) is 23.4.